The molecule has 0 atom stereocenters. The molecule has 3 rings (SSSR count). The number of imidazole rings is 1. The Hall–Kier alpha value is -2.62. The first-order valence-corrected chi connectivity index (χ1v) is 6.75. The average molecular weight is 281 g/mol. The van der Waals surface area contributed by atoms with Crippen molar-refractivity contribution in [2.24, 2.45) is 0 Å². The number of nitrogens with two attached hydrogens (primary N) is 1. The number of aromatic nitrogens is 2. The molecule has 0 aliphatic rings. The minimum Gasteiger partial charge on any atom is -0.399 e. The van der Waals surface area contributed by atoms with Crippen LogP contribution in [0.5, 0.6) is 0 Å². The van der Waals surface area contributed by atoms with Crippen molar-refractivity contribution in [3.8, 4) is 11.4 Å². The lowest BCUT2D eigenvalue weighted by molar-refractivity contribution is 0.623. The van der Waals surface area contributed by atoms with E-state index in [1.807, 2.05) is 42.0 Å². The van der Waals surface area contributed by atoms with Gasteiger partial charge >= 0.3 is 0 Å². The van der Waals surface area contributed by atoms with Crippen molar-refractivity contribution in [3.63, 3.8) is 0 Å². The van der Waals surface area contributed by atoms with Crippen molar-refractivity contribution in [2.45, 2.75) is 13.5 Å². The van der Waals surface area contributed by atoms with E-state index in [4.69, 9.17) is 5.73 Å². The maximum Gasteiger partial charge on any atom is 0.140 e. The highest BCUT2D eigenvalue weighted by atomic mass is 19.1. The van der Waals surface area contributed by atoms with E-state index in [0.717, 1.165) is 22.5 Å². The molecule has 0 aliphatic heterocycles. The van der Waals surface area contributed by atoms with Crippen LogP contribution in [-0.2, 0) is 6.54 Å². The molecule has 0 aliphatic carbocycles. The summed E-state index contributed by atoms with van der Waals surface area (Å²) in [5, 5.41) is 0. The summed E-state index contributed by atoms with van der Waals surface area (Å²) < 4.78 is 15.4. The lowest BCUT2D eigenvalue weighted by Gasteiger charge is -2.11. The van der Waals surface area contributed by atoms with Crippen molar-refractivity contribution >= 4 is 5.69 Å². The molecule has 1 heterocycles. The molecule has 106 valence electrons. The Balaban J connectivity index is 1.98. The quantitative estimate of drug-likeness (QED) is 0.745. The van der Waals surface area contributed by atoms with Crippen LogP contribution < -0.4 is 5.73 Å². The van der Waals surface area contributed by atoms with Crippen LogP contribution in [0.25, 0.3) is 11.4 Å². The van der Waals surface area contributed by atoms with Gasteiger partial charge in [0.25, 0.3) is 0 Å². The number of hydrogen-bond donors (Lipinski definition) is 1. The molecule has 0 saturated carbocycles. The summed E-state index contributed by atoms with van der Waals surface area (Å²) in [5.41, 5.74) is 9.48. The molecule has 21 heavy (non-hydrogen) atoms. The average Bonchev–Trinajstić information content (AvgIpc) is 2.91. The number of halogens is 1. The zero-order chi connectivity index (χ0) is 14.8. The number of rotatable bonds is 3. The number of nitrogen functional groups attached to an aromatic ring is 1. The number of benzene rings is 2. The van der Waals surface area contributed by atoms with Gasteiger partial charge in [0.1, 0.15) is 11.6 Å². The van der Waals surface area contributed by atoms with Gasteiger partial charge in [0.15, 0.2) is 0 Å². The summed E-state index contributed by atoms with van der Waals surface area (Å²) in [6, 6.07) is 12.4. The Kier molecular flexibility index (Phi) is 3.44. The Bertz CT molecular complexity index is 777. The lowest BCUT2D eigenvalue weighted by Crippen LogP contribution is -2.03. The molecule has 0 spiro atoms. The van der Waals surface area contributed by atoms with Crippen LogP contribution in [0.1, 0.15) is 11.1 Å². The fourth-order valence-electron chi connectivity index (χ4n) is 2.37. The minimum absolute atomic E-state index is 0.221. The summed E-state index contributed by atoms with van der Waals surface area (Å²) in [4.78, 5) is 4.39. The highest BCUT2D eigenvalue weighted by Gasteiger charge is 2.08. The molecule has 2 N–H and O–H groups in total. The fourth-order valence-corrected chi connectivity index (χ4v) is 2.37. The summed E-state index contributed by atoms with van der Waals surface area (Å²) >= 11 is 0. The van der Waals surface area contributed by atoms with Crippen LogP contribution in [0.4, 0.5) is 10.1 Å². The van der Waals surface area contributed by atoms with Gasteiger partial charge in [0.2, 0.25) is 0 Å². The van der Waals surface area contributed by atoms with E-state index in [2.05, 4.69) is 4.98 Å². The van der Waals surface area contributed by atoms with E-state index in [9.17, 15) is 4.39 Å². The van der Waals surface area contributed by atoms with Crippen molar-refractivity contribution in [3.05, 3.63) is 71.8 Å². The van der Waals surface area contributed by atoms with Crippen LogP contribution in [0.15, 0.2) is 54.9 Å². The third kappa shape index (κ3) is 2.79. The first-order valence-electron chi connectivity index (χ1n) is 6.75. The Morgan fingerprint density at radius 3 is 2.86 bits per heavy atom. The standard InChI is InChI=1S/C17H16FN3/c1-12-5-6-15(18)9-14(12)11-21-8-7-20-17(21)13-3-2-4-16(19)10-13/h2-10H,11,19H2,1H3. The molecule has 3 nitrogen and oxygen atoms in total. The molecule has 4 heteroatoms. The molecule has 3 aromatic rings. The van der Waals surface area contributed by atoms with Crippen LogP contribution in [-0.4, -0.2) is 9.55 Å². The van der Waals surface area contributed by atoms with Gasteiger partial charge in [-0.2, -0.15) is 0 Å². The maximum atomic E-state index is 13.4. The topological polar surface area (TPSA) is 43.8 Å². The SMILES string of the molecule is Cc1ccc(F)cc1Cn1ccnc1-c1cccc(N)c1. The van der Waals surface area contributed by atoms with Crippen molar-refractivity contribution < 1.29 is 4.39 Å². The lowest BCUT2D eigenvalue weighted by atomic mass is 10.1. The largest absolute Gasteiger partial charge is 0.399 e. The maximum absolute atomic E-state index is 13.4. The predicted molar refractivity (Wildman–Crippen MR) is 82.3 cm³/mol. The van der Waals surface area contributed by atoms with Gasteiger partial charge in [-0.3, -0.25) is 0 Å². The molecule has 0 fully saturated rings. The predicted octanol–water partition coefficient (Wildman–Crippen LogP) is 3.63. The van der Waals surface area contributed by atoms with Crippen LogP contribution in [0.2, 0.25) is 0 Å². The summed E-state index contributed by atoms with van der Waals surface area (Å²) in [5.74, 6) is 0.604. The second-order valence-electron chi connectivity index (χ2n) is 5.08. The first kappa shape index (κ1) is 13.4. The summed E-state index contributed by atoms with van der Waals surface area (Å²) in [6.07, 6.45) is 3.63. The highest BCUT2D eigenvalue weighted by Crippen LogP contribution is 2.21. The summed E-state index contributed by atoms with van der Waals surface area (Å²) in [7, 11) is 0. The number of anilines is 1. The Labute approximate surface area is 122 Å². The fraction of sp³-hybridized carbons (Fsp3) is 0.118. The van der Waals surface area contributed by atoms with E-state index in [1.165, 1.54) is 6.07 Å². The number of hydrogen-bond acceptors (Lipinski definition) is 2. The van der Waals surface area contributed by atoms with E-state index < -0.39 is 0 Å². The van der Waals surface area contributed by atoms with Crippen LogP contribution in [0, 0.1) is 12.7 Å². The molecule has 0 unspecified atom stereocenters. The van der Waals surface area contributed by atoms with Gasteiger partial charge in [-0.15, -0.1) is 0 Å². The van der Waals surface area contributed by atoms with Gasteiger partial charge in [-0.1, -0.05) is 18.2 Å². The Morgan fingerprint density at radius 1 is 1.19 bits per heavy atom. The van der Waals surface area contributed by atoms with Gasteiger partial charge in [0.05, 0.1) is 0 Å². The molecule has 1 aromatic heterocycles. The summed E-state index contributed by atoms with van der Waals surface area (Å²) in [6.45, 7) is 2.56. The van der Waals surface area contributed by atoms with Crippen molar-refractivity contribution in [1.29, 1.82) is 0 Å². The second-order valence-corrected chi connectivity index (χ2v) is 5.08. The van der Waals surface area contributed by atoms with E-state index in [1.54, 1.807) is 18.3 Å². The third-order valence-corrected chi connectivity index (χ3v) is 3.51. The van der Waals surface area contributed by atoms with Gasteiger partial charge < -0.3 is 10.3 Å². The first-order chi connectivity index (χ1) is 10.1. The van der Waals surface area contributed by atoms with E-state index >= 15 is 0 Å². The Morgan fingerprint density at radius 2 is 2.05 bits per heavy atom. The zero-order valence-corrected chi connectivity index (χ0v) is 11.8. The number of nitrogens with zero attached hydrogens (tertiary/aromatic N) is 2. The molecule has 0 saturated heterocycles. The van der Waals surface area contributed by atoms with Gasteiger partial charge in [0, 0.05) is 30.2 Å². The van der Waals surface area contributed by atoms with Gasteiger partial charge in [-0.05, 0) is 42.3 Å². The van der Waals surface area contributed by atoms with Gasteiger partial charge in [-0.25, -0.2) is 9.37 Å². The number of aryl methyl sites for hydroxylation is 1. The molecule has 0 bridgehead atoms. The second kappa shape index (κ2) is 5.40. The molecular formula is C17H16FN3. The third-order valence-electron chi connectivity index (χ3n) is 3.51. The van der Waals surface area contributed by atoms with Crippen molar-refractivity contribution in [2.75, 3.05) is 5.73 Å². The smallest absolute Gasteiger partial charge is 0.140 e. The highest BCUT2D eigenvalue weighted by molar-refractivity contribution is 5.61. The van der Waals surface area contributed by atoms with E-state index in [0.29, 0.717) is 12.2 Å². The van der Waals surface area contributed by atoms with Crippen LogP contribution in [0.3, 0.4) is 0 Å². The molecule has 0 amide bonds. The normalized spacial score (nSPS) is 10.8. The van der Waals surface area contributed by atoms with Crippen molar-refractivity contribution in [1.82, 2.24) is 9.55 Å². The molecule has 2 aromatic carbocycles. The monoisotopic (exact) mass is 281 g/mol. The minimum atomic E-state index is -0.221. The zero-order valence-electron chi connectivity index (χ0n) is 11.8. The molecule has 0 radical (unpaired) electrons. The van der Waals surface area contributed by atoms with Crippen LogP contribution >= 0.6 is 0 Å². The van der Waals surface area contributed by atoms with E-state index in [-0.39, 0.29) is 5.82 Å². The molecular weight excluding hydrogens is 265 g/mol.